The summed E-state index contributed by atoms with van der Waals surface area (Å²) in [5, 5.41) is 13.5. The number of carbonyl (C=O) groups is 2. The lowest BCUT2D eigenvalue weighted by molar-refractivity contribution is -0.127. The average molecular weight is 482 g/mol. The standard InChI is InChI=1S/C25H24F2N4O4/c26-17-7-10-22(21(27)13-17)35-19-8-5-16(6-9-19)24-20(15-33)25(28)31(29-24)18-3-1-11-30(14-18)23(34)4-2-12-32/h2,4-10,13,15,18,32H,1,3,11-12,14,28H2/b4-2+. The predicted molar refractivity (Wildman–Crippen MR) is 125 cm³/mol. The van der Waals surface area contributed by atoms with Crippen LogP contribution in [0.25, 0.3) is 11.3 Å². The second-order valence-corrected chi connectivity index (χ2v) is 8.08. The molecular weight excluding hydrogens is 458 g/mol. The van der Waals surface area contributed by atoms with E-state index in [9.17, 15) is 18.4 Å². The zero-order valence-electron chi connectivity index (χ0n) is 18.7. The smallest absolute Gasteiger partial charge is 0.246 e. The van der Waals surface area contributed by atoms with Crippen LogP contribution in [0.5, 0.6) is 11.5 Å². The van der Waals surface area contributed by atoms with Gasteiger partial charge in [0.1, 0.15) is 23.1 Å². The van der Waals surface area contributed by atoms with Crippen molar-refractivity contribution in [1.82, 2.24) is 14.7 Å². The summed E-state index contributed by atoms with van der Waals surface area (Å²) in [6.07, 6.45) is 4.82. The van der Waals surface area contributed by atoms with E-state index in [4.69, 9.17) is 15.6 Å². The van der Waals surface area contributed by atoms with Gasteiger partial charge in [0.15, 0.2) is 17.9 Å². The van der Waals surface area contributed by atoms with Crippen molar-refractivity contribution in [2.24, 2.45) is 0 Å². The van der Waals surface area contributed by atoms with Crippen molar-refractivity contribution >= 4 is 18.0 Å². The van der Waals surface area contributed by atoms with Crippen molar-refractivity contribution < 1.29 is 28.2 Å². The van der Waals surface area contributed by atoms with Crippen LogP contribution in [0.2, 0.25) is 0 Å². The number of likely N-dealkylation sites (tertiary alicyclic amines) is 1. The van der Waals surface area contributed by atoms with Gasteiger partial charge in [-0.15, -0.1) is 0 Å². The van der Waals surface area contributed by atoms with Crippen LogP contribution < -0.4 is 10.5 Å². The largest absolute Gasteiger partial charge is 0.454 e. The number of amides is 1. The Hall–Kier alpha value is -4.05. The lowest BCUT2D eigenvalue weighted by atomic mass is 10.1. The van der Waals surface area contributed by atoms with Crippen LogP contribution >= 0.6 is 0 Å². The number of nitrogens with two attached hydrogens (primary N) is 1. The highest BCUT2D eigenvalue weighted by Gasteiger charge is 2.28. The molecule has 3 aromatic rings. The highest BCUT2D eigenvalue weighted by molar-refractivity contribution is 5.91. The molecule has 182 valence electrons. The number of hydrogen-bond donors (Lipinski definition) is 2. The molecule has 1 aliphatic heterocycles. The summed E-state index contributed by atoms with van der Waals surface area (Å²) in [5.41, 5.74) is 7.47. The Morgan fingerprint density at radius 3 is 2.69 bits per heavy atom. The van der Waals surface area contributed by atoms with Gasteiger partial charge in [-0.1, -0.05) is 6.08 Å². The van der Waals surface area contributed by atoms with Crippen LogP contribution in [0.3, 0.4) is 0 Å². The number of rotatable bonds is 7. The molecular formula is C25H24F2N4O4. The van der Waals surface area contributed by atoms with Gasteiger partial charge in [0.2, 0.25) is 5.91 Å². The molecule has 3 N–H and O–H groups in total. The van der Waals surface area contributed by atoms with Gasteiger partial charge in [-0.2, -0.15) is 5.10 Å². The molecule has 0 aliphatic carbocycles. The Balaban J connectivity index is 1.56. The minimum atomic E-state index is -0.823. The first kappa shape index (κ1) is 24.1. The summed E-state index contributed by atoms with van der Waals surface area (Å²) in [4.78, 5) is 25.8. The lowest BCUT2D eigenvalue weighted by Crippen LogP contribution is -2.40. The average Bonchev–Trinajstić information content (AvgIpc) is 3.20. The van der Waals surface area contributed by atoms with E-state index in [2.05, 4.69) is 5.10 Å². The van der Waals surface area contributed by atoms with Crippen LogP contribution in [0, 0.1) is 11.6 Å². The van der Waals surface area contributed by atoms with Crippen molar-refractivity contribution in [2.45, 2.75) is 18.9 Å². The van der Waals surface area contributed by atoms with Gasteiger partial charge in [0.25, 0.3) is 0 Å². The van der Waals surface area contributed by atoms with E-state index in [-0.39, 0.29) is 35.7 Å². The third-order valence-electron chi connectivity index (χ3n) is 5.77. The topological polar surface area (TPSA) is 111 Å². The van der Waals surface area contributed by atoms with Crippen molar-refractivity contribution in [1.29, 1.82) is 0 Å². The molecule has 1 amide bonds. The van der Waals surface area contributed by atoms with Crippen molar-refractivity contribution in [2.75, 3.05) is 25.4 Å². The molecule has 1 unspecified atom stereocenters. The molecule has 1 aromatic heterocycles. The number of nitrogen functional groups attached to an aromatic ring is 1. The number of halogens is 2. The maximum absolute atomic E-state index is 13.9. The van der Waals surface area contributed by atoms with Crippen LogP contribution in [0.15, 0.2) is 54.6 Å². The van der Waals surface area contributed by atoms with Gasteiger partial charge in [0.05, 0.1) is 18.2 Å². The fourth-order valence-electron chi connectivity index (χ4n) is 4.05. The zero-order chi connectivity index (χ0) is 24.9. The van der Waals surface area contributed by atoms with Gasteiger partial charge in [-0.25, -0.2) is 13.5 Å². The SMILES string of the molecule is Nc1c(C=O)c(-c2ccc(Oc3ccc(F)cc3F)cc2)nn1C1CCCN(C(=O)/C=C/CO)C1. The summed E-state index contributed by atoms with van der Waals surface area (Å²) in [5.74, 6) is -1.34. The van der Waals surface area contributed by atoms with Crippen LogP contribution in [0.4, 0.5) is 14.6 Å². The summed E-state index contributed by atoms with van der Waals surface area (Å²) >= 11 is 0. The normalized spacial score (nSPS) is 16.0. The van der Waals surface area contributed by atoms with E-state index in [1.807, 2.05) is 0 Å². The molecule has 1 fully saturated rings. The lowest BCUT2D eigenvalue weighted by Gasteiger charge is -2.32. The molecule has 4 rings (SSSR count). The monoisotopic (exact) mass is 482 g/mol. The predicted octanol–water partition coefficient (Wildman–Crippen LogP) is 3.73. The molecule has 10 heteroatoms. The van der Waals surface area contributed by atoms with Crippen molar-refractivity contribution in [3.8, 4) is 22.8 Å². The van der Waals surface area contributed by atoms with Crippen LogP contribution in [-0.4, -0.2) is 51.7 Å². The first-order valence-corrected chi connectivity index (χ1v) is 11.0. The summed E-state index contributed by atoms with van der Waals surface area (Å²) in [6, 6.07) is 9.29. The Morgan fingerprint density at radius 1 is 1.23 bits per heavy atom. The second-order valence-electron chi connectivity index (χ2n) is 8.08. The Labute approximate surface area is 200 Å². The number of benzene rings is 2. The fraction of sp³-hybridized carbons (Fsp3) is 0.240. The number of nitrogens with zero attached hydrogens (tertiary/aromatic N) is 3. The molecule has 1 atom stereocenters. The third kappa shape index (κ3) is 5.22. The molecule has 0 saturated carbocycles. The van der Waals surface area contributed by atoms with E-state index in [1.54, 1.807) is 33.8 Å². The minimum absolute atomic E-state index is 0.119. The Morgan fingerprint density at radius 2 is 2.00 bits per heavy atom. The Bertz CT molecular complexity index is 1260. The Kier molecular flexibility index (Phi) is 7.21. The first-order valence-electron chi connectivity index (χ1n) is 11.0. The highest BCUT2D eigenvalue weighted by Crippen LogP contribution is 2.33. The number of ether oxygens (including phenoxy) is 1. The minimum Gasteiger partial charge on any atom is -0.454 e. The second kappa shape index (κ2) is 10.5. The first-order chi connectivity index (χ1) is 16.9. The highest BCUT2D eigenvalue weighted by atomic mass is 19.1. The third-order valence-corrected chi connectivity index (χ3v) is 5.77. The zero-order valence-corrected chi connectivity index (χ0v) is 18.7. The number of aldehydes is 1. The molecule has 8 nitrogen and oxygen atoms in total. The van der Waals surface area contributed by atoms with Crippen molar-refractivity contribution in [3.63, 3.8) is 0 Å². The number of aliphatic hydroxyl groups excluding tert-OH is 1. The van der Waals surface area contributed by atoms with Crippen LogP contribution in [0.1, 0.15) is 29.2 Å². The molecule has 0 bridgehead atoms. The quantitative estimate of drug-likeness (QED) is 0.392. The van der Waals surface area contributed by atoms with E-state index in [0.717, 1.165) is 25.0 Å². The van der Waals surface area contributed by atoms with Gasteiger partial charge < -0.3 is 20.5 Å². The number of aromatic nitrogens is 2. The number of carbonyl (C=O) groups excluding carboxylic acids is 2. The van der Waals surface area contributed by atoms with Gasteiger partial charge in [-0.05, 0) is 49.2 Å². The number of anilines is 1. The number of hydrogen-bond acceptors (Lipinski definition) is 6. The molecule has 2 heterocycles. The van der Waals surface area contributed by atoms with Gasteiger partial charge in [-0.3, -0.25) is 9.59 Å². The molecule has 0 radical (unpaired) electrons. The van der Waals surface area contributed by atoms with E-state index >= 15 is 0 Å². The molecule has 35 heavy (non-hydrogen) atoms. The maximum atomic E-state index is 13.9. The number of aliphatic hydroxyl groups is 1. The van der Waals surface area contributed by atoms with E-state index < -0.39 is 11.6 Å². The fourth-order valence-corrected chi connectivity index (χ4v) is 4.05. The number of piperidine rings is 1. The van der Waals surface area contributed by atoms with Crippen LogP contribution in [-0.2, 0) is 4.79 Å². The summed E-state index contributed by atoms with van der Waals surface area (Å²) in [7, 11) is 0. The molecule has 2 aromatic carbocycles. The molecule has 0 spiro atoms. The van der Waals surface area contributed by atoms with Gasteiger partial charge >= 0.3 is 0 Å². The molecule has 1 saturated heterocycles. The maximum Gasteiger partial charge on any atom is 0.246 e. The van der Waals surface area contributed by atoms with Crippen molar-refractivity contribution in [3.05, 3.63) is 71.8 Å². The summed E-state index contributed by atoms with van der Waals surface area (Å²) < 4.78 is 34.0. The van der Waals surface area contributed by atoms with E-state index in [1.165, 1.54) is 18.2 Å². The molecule has 1 aliphatic rings. The van der Waals surface area contributed by atoms with E-state index in [0.29, 0.717) is 36.4 Å². The summed E-state index contributed by atoms with van der Waals surface area (Å²) in [6.45, 7) is 0.730. The van der Waals surface area contributed by atoms with Gasteiger partial charge in [0, 0.05) is 30.8 Å².